The fourth-order valence-electron chi connectivity index (χ4n) is 2.56. The summed E-state index contributed by atoms with van der Waals surface area (Å²) in [6, 6.07) is 0. The Bertz CT molecular complexity index is 495. The highest BCUT2D eigenvalue weighted by atomic mass is 32.1. The number of hydrogen-bond acceptors (Lipinski definition) is 5. The minimum Gasteiger partial charge on any atom is -0.481 e. The van der Waals surface area contributed by atoms with Crippen LogP contribution in [-0.2, 0) is 10.2 Å². The topological polar surface area (TPSA) is 66.3 Å². The lowest BCUT2D eigenvalue weighted by Crippen LogP contribution is -2.47. The molecule has 20 heavy (non-hydrogen) atoms. The van der Waals surface area contributed by atoms with E-state index in [0.717, 1.165) is 30.3 Å². The highest BCUT2D eigenvalue weighted by Crippen LogP contribution is 2.36. The van der Waals surface area contributed by atoms with Gasteiger partial charge in [-0.05, 0) is 19.3 Å². The van der Waals surface area contributed by atoms with Crippen molar-refractivity contribution < 1.29 is 9.90 Å². The van der Waals surface area contributed by atoms with E-state index >= 15 is 0 Å². The summed E-state index contributed by atoms with van der Waals surface area (Å²) in [6.07, 6.45) is 2.30. The van der Waals surface area contributed by atoms with Gasteiger partial charge in [0, 0.05) is 30.0 Å². The Morgan fingerprint density at radius 2 is 2.20 bits per heavy atom. The zero-order chi connectivity index (χ0) is 15.0. The second kappa shape index (κ2) is 5.31. The number of nitrogens with zero attached hydrogens (tertiary/aromatic N) is 3. The van der Waals surface area contributed by atoms with Gasteiger partial charge in [0.05, 0.1) is 5.41 Å². The van der Waals surface area contributed by atoms with Gasteiger partial charge in [-0.25, -0.2) is 4.98 Å². The molecule has 2 rings (SSSR count). The summed E-state index contributed by atoms with van der Waals surface area (Å²) in [5.74, 6) is 0.144. The molecule has 0 spiro atoms. The summed E-state index contributed by atoms with van der Waals surface area (Å²) in [5, 5.41) is 10.4. The van der Waals surface area contributed by atoms with Crippen molar-refractivity contribution in [2.75, 3.05) is 18.0 Å². The molecule has 0 aliphatic carbocycles. The molecule has 1 aliphatic rings. The number of aromatic nitrogens is 2. The summed E-state index contributed by atoms with van der Waals surface area (Å²) in [5.41, 5.74) is -0.703. The zero-order valence-corrected chi connectivity index (χ0v) is 13.5. The maximum Gasteiger partial charge on any atom is 0.311 e. The lowest BCUT2D eigenvalue weighted by molar-refractivity contribution is -0.149. The predicted molar refractivity (Wildman–Crippen MR) is 80.4 cm³/mol. The number of hydrogen-bond donors (Lipinski definition) is 1. The first-order chi connectivity index (χ1) is 9.28. The second-order valence-corrected chi connectivity index (χ2v) is 7.34. The van der Waals surface area contributed by atoms with Gasteiger partial charge in [0.25, 0.3) is 0 Å². The minimum atomic E-state index is -0.690. The van der Waals surface area contributed by atoms with E-state index in [2.05, 4.69) is 35.0 Å². The van der Waals surface area contributed by atoms with Gasteiger partial charge in [0.1, 0.15) is 5.82 Å². The van der Waals surface area contributed by atoms with Crippen molar-refractivity contribution in [3.63, 3.8) is 0 Å². The van der Waals surface area contributed by atoms with Crippen LogP contribution in [0.1, 0.15) is 52.8 Å². The van der Waals surface area contributed by atoms with E-state index < -0.39 is 11.4 Å². The lowest BCUT2D eigenvalue weighted by Gasteiger charge is -2.39. The molecule has 0 amide bonds. The Balaban J connectivity index is 2.21. The van der Waals surface area contributed by atoms with Crippen LogP contribution in [0.5, 0.6) is 0 Å². The highest BCUT2D eigenvalue weighted by molar-refractivity contribution is 7.09. The molecule has 5 nitrogen and oxygen atoms in total. The van der Waals surface area contributed by atoms with Crippen LogP contribution in [0.25, 0.3) is 0 Å². The SMILES string of the molecule is CCC1(C(=O)O)CCCN(c2nc(C(C)(C)C)ns2)C1. The molecular formula is C14H23N3O2S. The Kier molecular flexibility index (Phi) is 4.04. The fourth-order valence-corrected chi connectivity index (χ4v) is 3.44. The van der Waals surface area contributed by atoms with Crippen LogP contribution in [0.2, 0.25) is 0 Å². The molecule has 1 N–H and O–H groups in total. The molecule has 6 heteroatoms. The summed E-state index contributed by atoms with van der Waals surface area (Å²) in [7, 11) is 0. The summed E-state index contributed by atoms with van der Waals surface area (Å²) in [6.45, 7) is 9.62. The van der Waals surface area contributed by atoms with Crippen molar-refractivity contribution in [2.24, 2.45) is 5.41 Å². The van der Waals surface area contributed by atoms with Gasteiger partial charge in [-0.2, -0.15) is 4.37 Å². The van der Waals surface area contributed by atoms with E-state index in [1.807, 2.05) is 6.92 Å². The largest absolute Gasteiger partial charge is 0.481 e. The monoisotopic (exact) mass is 297 g/mol. The normalized spacial score (nSPS) is 23.9. The van der Waals surface area contributed by atoms with Crippen molar-refractivity contribution in [1.82, 2.24) is 9.36 Å². The average molecular weight is 297 g/mol. The smallest absolute Gasteiger partial charge is 0.311 e. The van der Waals surface area contributed by atoms with E-state index in [4.69, 9.17) is 0 Å². The Hall–Kier alpha value is -1.17. The van der Waals surface area contributed by atoms with Gasteiger partial charge >= 0.3 is 5.97 Å². The number of anilines is 1. The van der Waals surface area contributed by atoms with Crippen LogP contribution in [0, 0.1) is 5.41 Å². The molecule has 1 aromatic heterocycles. The van der Waals surface area contributed by atoms with Crippen molar-refractivity contribution >= 4 is 22.6 Å². The van der Waals surface area contributed by atoms with Gasteiger partial charge in [0.15, 0.2) is 0 Å². The first-order valence-electron chi connectivity index (χ1n) is 7.11. The summed E-state index contributed by atoms with van der Waals surface area (Å²) in [4.78, 5) is 18.3. The van der Waals surface area contributed by atoms with E-state index in [0.29, 0.717) is 13.0 Å². The third-order valence-corrected chi connectivity index (χ3v) is 4.84. The van der Waals surface area contributed by atoms with Gasteiger partial charge in [0.2, 0.25) is 5.13 Å². The number of rotatable bonds is 3. The van der Waals surface area contributed by atoms with E-state index in [1.165, 1.54) is 11.5 Å². The highest BCUT2D eigenvalue weighted by Gasteiger charge is 2.41. The van der Waals surface area contributed by atoms with Crippen molar-refractivity contribution in [3.05, 3.63) is 5.82 Å². The van der Waals surface area contributed by atoms with Crippen LogP contribution in [0.15, 0.2) is 0 Å². The second-order valence-electron chi connectivity index (χ2n) is 6.61. The standard InChI is InChI=1S/C14H23N3O2S/c1-5-14(11(18)19)7-6-8-17(9-14)12-15-10(16-20-12)13(2,3)4/h5-9H2,1-4H3,(H,18,19). The molecule has 1 aromatic rings. The maximum absolute atomic E-state index is 11.6. The van der Waals surface area contributed by atoms with Crippen molar-refractivity contribution in [2.45, 2.75) is 52.4 Å². The van der Waals surface area contributed by atoms with Crippen molar-refractivity contribution in [1.29, 1.82) is 0 Å². The average Bonchev–Trinajstić information content (AvgIpc) is 2.88. The number of carbonyl (C=O) groups is 1. The Labute approximate surface area is 124 Å². The van der Waals surface area contributed by atoms with Gasteiger partial charge in [-0.1, -0.05) is 27.7 Å². The zero-order valence-electron chi connectivity index (χ0n) is 12.6. The maximum atomic E-state index is 11.6. The van der Waals surface area contributed by atoms with Crippen LogP contribution < -0.4 is 4.90 Å². The first kappa shape index (κ1) is 15.2. The lowest BCUT2D eigenvalue weighted by atomic mass is 9.78. The Morgan fingerprint density at radius 3 is 2.70 bits per heavy atom. The molecule has 1 atom stereocenters. The number of carboxylic acids is 1. The van der Waals surface area contributed by atoms with E-state index in [-0.39, 0.29) is 5.41 Å². The third-order valence-electron chi connectivity index (χ3n) is 4.06. The van der Waals surface area contributed by atoms with Gasteiger partial charge in [-0.3, -0.25) is 4.79 Å². The van der Waals surface area contributed by atoms with Gasteiger partial charge < -0.3 is 10.0 Å². The minimum absolute atomic E-state index is 0.0703. The number of piperidine rings is 1. The van der Waals surface area contributed by atoms with E-state index in [9.17, 15) is 9.90 Å². The molecule has 1 aliphatic heterocycles. The van der Waals surface area contributed by atoms with Crippen LogP contribution in [0.3, 0.4) is 0 Å². The molecule has 0 saturated carbocycles. The molecular weight excluding hydrogens is 274 g/mol. The number of carboxylic acid groups (broad SMARTS) is 1. The predicted octanol–water partition coefficient (Wildman–Crippen LogP) is 2.92. The third kappa shape index (κ3) is 2.80. The van der Waals surface area contributed by atoms with Crippen LogP contribution >= 0.6 is 11.5 Å². The molecule has 0 radical (unpaired) electrons. The molecule has 1 unspecified atom stereocenters. The summed E-state index contributed by atoms with van der Waals surface area (Å²) < 4.78 is 4.42. The van der Waals surface area contributed by atoms with Gasteiger partial charge in [-0.15, -0.1) is 0 Å². The quantitative estimate of drug-likeness (QED) is 0.929. The molecule has 1 fully saturated rings. The Morgan fingerprint density at radius 1 is 1.50 bits per heavy atom. The van der Waals surface area contributed by atoms with Crippen LogP contribution in [-0.4, -0.2) is 33.5 Å². The van der Waals surface area contributed by atoms with E-state index in [1.54, 1.807) is 0 Å². The molecule has 0 bridgehead atoms. The first-order valence-corrected chi connectivity index (χ1v) is 7.88. The molecule has 1 saturated heterocycles. The molecule has 0 aromatic carbocycles. The fraction of sp³-hybridized carbons (Fsp3) is 0.786. The molecule has 112 valence electrons. The molecule has 2 heterocycles. The summed E-state index contributed by atoms with van der Waals surface area (Å²) >= 11 is 1.38. The van der Waals surface area contributed by atoms with Crippen LogP contribution in [0.4, 0.5) is 5.13 Å². The number of aliphatic carboxylic acids is 1. The van der Waals surface area contributed by atoms with Crippen molar-refractivity contribution in [3.8, 4) is 0 Å².